The van der Waals surface area contributed by atoms with Gasteiger partial charge in [0.05, 0.1) is 12.1 Å². The molecule has 0 aliphatic heterocycles. The minimum absolute atomic E-state index is 0.386. The lowest BCUT2D eigenvalue weighted by Gasteiger charge is -2.21. The van der Waals surface area contributed by atoms with Crippen molar-refractivity contribution in [2.24, 2.45) is 0 Å². The molecule has 0 saturated heterocycles. The van der Waals surface area contributed by atoms with E-state index in [-0.39, 0.29) is 0 Å². The number of methoxy groups -OCH3 is 1. The van der Waals surface area contributed by atoms with E-state index in [1.807, 2.05) is 18.2 Å². The Kier molecular flexibility index (Phi) is 3.49. The van der Waals surface area contributed by atoms with Crippen LogP contribution in [0.1, 0.15) is 37.2 Å². The highest BCUT2D eigenvalue weighted by molar-refractivity contribution is 6.32. The van der Waals surface area contributed by atoms with Crippen molar-refractivity contribution in [1.29, 1.82) is 0 Å². The number of ether oxygens (including phenoxy) is 1. The van der Waals surface area contributed by atoms with E-state index in [1.165, 1.54) is 5.56 Å². The highest BCUT2D eigenvalue weighted by Crippen LogP contribution is 2.35. The summed E-state index contributed by atoms with van der Waals surface area (Å²) in [6.07, 6.45) is 3.30. The molecule has 2 rings (SSSR count). The molecular weight excluding hydrogens is 224 g/mol. The zero-order valence-electron chi connectivity index (χ0n) is 9.33. The molecule has 0 aromatic heterocycles. The van der Waals surface area contributed by atoms with Crippen LogP contribution >= 0.6 is 11.6 Å². The number of benzene rings is 1. The number of ketones is 1. The fraction of sp³-hybridized carbons (Fsp3) is 0.462. The Morgan fingerprint density at radius 2 is 2.00 bits per heavy atom. The summed E-state index contributed by atoms with van der Waals surface area (Å²) in [7, 11) is 1.62. The summed E-state index contributed by atoms with van der Waals surface area (Å²) in [4.78, 5) is 11.2. The Morgan fingerprint density at radius 1 is 1.31 bits per heavy atom. The zero-order valence-corrected chi connectivity index (χ0v) is 10.1. The number of hydrogen-bond donors (Lipinski definition) is 0. The minimum Gasteiger partial charge on any atom is -0.495 e. The highest BCUT2D eigenvalue weighted by atomic mass is 35.5. The SMILES string of the molecule is COc1cc(C2CCC(=O)CC2)ccc1Cl. The third kappa shape index (κ3) is 2.38. The molecule has 0 amide bonds. The third-order valence-corrected chi connectivity index (χ3v) is 3.50. The normalized spacial score (nSPS) is 17.5. The van der Waals surface area contributed by atoms with Crippen molar-refractivity contribution in [2.45, 2.75) is 31.6 Å². The first-order valence-electron chi connectivity index (χ1n) is 5.56. The van der Waals surface area contributed by atoms with Gasteiger partial charge in [-0.3, -0.25) is 4.79 Å². The van der Waals surface area contributed by atoms with Gasteiger partial charge in [-0.25, -0.2) is 0 Å². The number of carbonyl (C=O) groups is 1. The zero-order chi connectivity index (χ0) is 11.5. The van der Waals surface area contributed by atoms with Gasteiger partial charge in [-0.05, 0) is 36.5 Å². The average Bonchev–Trinajstić information content (AvgIpc) is 2.31. The van der Waals surface area contributed by atoms with Crippen LogP contribution < -0.4 is 4.74 Å². The maximum atomic E-state index is 11.2. The highest BCUT2D eigenvalue weighted by Gasteiger charge is 2.20. The van der Waals surface area contributed by atoms with Gasteiger partial charge < -0.3 is 4.74 Å². The van der Waals surface area contributed by atoms with Gasteiger partial charge in [0.15, 0.2) is 0 Å². The second-order valence-corrected chi connectivity index (χ2v) is 4.61. The molecule has 16 heavy (non-hydrogen) atoms. The molecule has 0 N–H and O–H groups in total. The Bertz CT molecular complexity index is 391. The first-order chi connectivity index (χ1) is 7.70. The number of carbonyl (C=O) groups excluding carboxylic acids is 1. The van der Waals surface area contributed by atoms with E-state index >= 15 is 0 Å². The topological polar surface area (TPSA) is 26.3 Å². The molecule has 1 saturated carbocycles. The van der Waals surface area contributed by atoms with E-state index in [0.717, 1.165) is 18.6 Å². The summed E-state index contributed by atoms with van der Waals surface area (Å²) in [5.41, 5.74) is 1.23. The lowest BCUT2D eigenvalue weighted by molar-refractivity contribution is -0.120. The Morgan fingerprint density at radius 3 is 2.62 bits per heavy atom. The number of Topliss-reactive ketones (excluding diaryl/α,β-unsaturated/α-hetero) is 1. The minimum atomic E-state index is 0.386. The van der Waals surface area contributed by atoms with E-state index in [2.05, 4.69) is 0 Å². The van der Waals surface area contributed by atoms with Crippen molar-refractivity contribution in [3.8, 4) is 5.75 Å². The second-order valence-electron chi connectivity index (χ2n) is 4.21. The van der Waals surface area contributed by atoms with Crippen molar-refractivity contribution in [2.75, 3.05) is 7.11 Å². The van der Waals surface area contributed by atoms with Crippen LogP contribution in [0.4, 0.5) is 0 Å². The third-order valence-electron chi connectivity index (χ3n) is 3.19. The van der Waals surface area contributed by atoms with Gasteiger partial charge >= 0.3 is 0 Å². The Hall–Kier alpha value is -1.02. The predicted octanol–water partition coefficient (Wildman–Crippen LogP) is 3.58. The van der Waals surface area contributed by atoms with Crippen molar-refractivity contribution >= 4 is 17.4 Å². The summed E-state index contributed by atoms with van der Waals surface area (Å²) < 4.78 is 5.20. The molecular formula is C13H15ClO2. The van der Waals surface area contributed by atoms with E-state index < -0.39 is 0 Å². The molecule has 2 nitrogen and oxygen atoms in total. The molecule has 1 aliphatic rings. The van der Waals surface area contributed by atoms with Crippen LogP contribution in [0.25, 0.3) is 0 Å². The molecule has 0 heterocycles. The van der Waals surface area contributed by atoms with Gasteiger partial charge in [-0.1, -0.05) is 17.7 Å². The van der Waals surface area contributed by atoms with E-state index in [1.54, 1.807) is 7.11 Å². The molecule has 1 aliphatic carbocycles. The first kappa shape index (κ1) is 11.5. The van der Waals surface area contributed by atoms with Crippen LogP contribution in [0.2, 0.25) is 5.02 Å². The van der Waals surface area contributed by atoms with Crippen molar-refractivity contribution in [1.82, 2.24) is 0 Å². The van der Waals surface area contributed by atoms with E-state index in [0.29, 0.717) is 29.6 Å². The van der Waals surface area contributed by atoms with Crippen LogP contribution in [0.15, 0.2) is 18.2 Å². The Balaban J connectivity index is 2.17. The van der Waals surface area contributed by atoms with Crippen LogP contribution in [-0.4, -0.2) is 12.9 Å². The Labute approximate surface area is 101 Å². The van der Waals surface area contributed by atoms with Gasteiger partial charge in [0, 0.05) is 12.8 Å². The van der Waals surface area contributed by atoms with Gasteiger partial charge in [-0.2, -0.15) is 0 Å². The molecule has 0 atom stereocenters. The lowest BCUT2D eigenvalue weighted by Crippen LogP contribution is -2.12. The average molecular weight is 239 g/mol. The molecule has 0 spiro atoms. The quantitative estimate of drug-likeness (QED) is 0.787. The second kappa shape index (κ2) is 4.88. The molecule has 0 bridgehead atoms. The molecule has 1 aromatic carbocycles. The fourth-order valence-electron chi connectivity index (χ4n) is 2.20. The molecule has 0 radical (unpaired) electrons. The molecule has 3 heteroatoms. The number of halogens is 1. The predicted molar refractivity (Wildman–Crippen MR) is 64.2 cm³/mol. The largest absolute Gasteiger partial charge is 0.495 e. The van der Waals surface area contributed by atoms with Gasteiger partial charge in [0.2, 0.25) is 0 Å². The molecule has 86 valence electrons. The fourth-order valence-corrected chi connectivity index (χ4v) is 2.40. The van der Waals surface area contributed by atoms with Crippen LogP contribution in [-0.2, 0) is 4.79 Å². The maximum absolute atomic E-state index is 11.2. The lowest BCUT2D eigenvalue weighted by atomic mass is 9.83. The van der Waals surface area contributed by atoms with Gasteiger partial charge in [0.1, 0.15) is 11.5 Å². The van der Waals surface area contributed by atoms with Crippen molar-refractivity contribution < 1.29 is 9.53 Å². The monoisotopic (exact) mass is 238 g/mol. The van der Waals surface area contributed by atoms with E-state index in [4.69, 9.17) is 16.3 Å². The number of rotatable bonds is 2. The molecule has 1 aromatic rings. The molecule has 0 unspecified atom stereocenters. The van der Waals surface area contributed by atoms with Crippen molar-refractivity contribution in [3.63, 3.8) is 0 Å². The smallest absolute Gasteiger partial charge is 0.137 e. The summed E-state index contributed by atoms with van der Waals surface area (Å²) >= 11 is 5.98. The van der Waals surface area contributed by atoms with Gasteiger partial charge in [-0.15, -0.1) is 0 Å². The summed E-state index contributed by atoms with van der Waals surface area (Å²) in [6, 6.07) is 5.89. The summed E-state index contributed by atoms with van der Waals surface area (Å²) in [6.45, 7) is 0. The number of hydrogen-bond acceptors (Lipinski definition) is 2. The summed E-state index contributed by atoms with van der Waals surface area (Å²) in [5.74, 6) is 1.58. The van der Waals surface area contributed by atoms with Crippen LogP contribution in [0.5, 0.6) is 5.75 Å². The van der Waals surface area contributed by atoms with Crippen molar-refractivity contribution in [3.05, 3.63) is 28.8 Å². The van der Waals surface area contributed by atoms with E-state index in [9.17, 15) is 4.79 Å². The van der Waals surface area contributed by atoms with Gasteiger partial charge in [0.25, 0.3) is 0 Å². The first-order valence-corrected chi connectivity index (χ1v) is 5.93. The van der Waals surface area contributed by atoms with Crippen LogP contribution in [0.3, 0.4) is 0 Å². The molecule has 1 fully saturated rings. The van der Waals surface area contributed by atoms with Crippen LogP contribution in [0, 0.1) is 0 Å². The summed E-state index contributed by atoms with van der Waals surface area (Å²) in [5, 5.41) is 0.637. The maximum Gasteiger partial charge on any atom is 0.137 e. The standard InChI is InChI=1S/C13H15ClO2/c1-16-13-8-10(4-7-12(13)14)9-2-5-11(15)6-3-9/h4,7-9H,2-3,5-6H2,1H3.